The highest BCUT2D eigenvalue weighted by molar-refractivity contribution is 6.30. The molecule has 0 aliphatic carbocycles. The van der Waals surface area contributed by atoms with Crippen molar-refractivity contribution in [3.63, 3.8) is 0 Å². The number of hydrogen-bond donors (Lipinski definition) is 0. The van der Waals surface area contributed by atoms with E-state index < -0.39 is 0 Å². The average molecular weight is 302 g/mol. The van der Waals surface area contributed by atoms with Gasteiger partial charge in [-0.05, 0) is 42.7 Å². The number of likely N-dealkylation sites (N-methyl/N-ethyl adjacent to an activating group) is 1. The van der Waals surface area contributed by atoms with Crippen molar-refractivity contribution in [2.75, 3.05) is 6.54 Å². The Morgan fingerprint density at radius 3 is 2.57 bits per heavy atom. The second-order valence-corrected chi connectivity index (χ2v) is 5.58. The molecule has 0 spiro atoms. The maximum absolute atomic E-state index is 12.5. The van der Waals surface area contributed by atoms with Crippen LogP contribution in [0.15, 0.2) is 48.5 Å². The van der Waals surface area contributed by atoms with Gasteiger partial charge in [0.05, 0.1) is 6.42 Å². The minimum atomic E-state index is 0.145. The molecule has 0 aliphatic rings. The number of rotatable bonds is 5. The summed E-state index contributed by atoms with van der Waals surface area (Å²) < 4.78 is 0. The summed E-state index contributed by atoms with van der Waals surface area (Å²) in [6.45, 7) is 5.33. The minimum absolute atomic E-state index is 0.145. The molecule has 0 heterocycles. The van der Waals surface area contributed by atoms with Crippen molar-refractivity contribution < 1.29 is 4.79 Å². The smallest absolute Gasteiger partial charge is 0.227 e. The maximum atomic E-state index is 12.5. The fraction of sp³-hybridized carbons (Fsp3) is 0.278. The Bertz CT molecular complexity index is 624. The molecule has 0 aliphatic heterocycles. The number of halogens is 1. The van der Waals surface area contributed by atoms with Gasteiger partial charge in [0.1, 0.15) is 0 Å². The highest BCUT2D eigenvalue weighted by Crippen LogP contribution is 2.14. The summed E-state index contributed by atoms with van der Waals surface area (Å²) >= 11 is 6.00. The lowest BCUT2D eigenvalue weighted by Crippen LogP contribution is -2.31. The van der Waals surface area contributed by atoms with Crippen molar-refractivity contribution in [3.05, 3.63) is 70.2 Å². The Kier molecular flexibility index (Phi) is 5.40. The van der Waals surface area contributed by atoms with E-state index in [9.17, 15) is 4.79 Å². The van der Waals surface area contributed by atoms with E-state index in [0.717, 1.165) is 16.7 Å². The molecule has 0 fully saturated rings. The van der Waals surface area contributed by atoms with Crippen LogP contribution in [-0.4, -0.2) is 17.4 Å². The number of nitrogens with zero attached hydrogens (tertiary/aromatic N) is 1. The van der Waals surface area contributed by atoms with Crippen molar-refractivity contribution >= 4 is 17.5 Å². The molecule has 1 amide bonds. The van der Waals surface area contributed by atoms with Gasteiger partial charge >= 0.3 is 0 Å². The zero-order valence-corrected chi connectivity index (χ0v) is 13.2. The van der Waals surface area contributed by atoms with Crippen LogP contribution in [0.5, 0.6) is 0 Å². The summed E-state index contributed by atoms with van der Waals surface area (Å²) in [4.78, 5) is 14.3. The minimum Gasteiger partial charge on any atom is -0.338 e. The summed E-state index contributed by atoms with van der Waals surface area (Å²) in [5, 5.41) is 0.704. The Morgan fingerprint density at radius 2 is 1.90 bits per heavy atom. The van der Waals surface area contributed by atoms with Gasteiger partial charge in [-0.3, -0.25) is 4.79 Å². The van der Waals surface area contributed by atoms with Crippen LogP contribution in [0.2, 0.25) is 5.02 Å². The number of benzene rings is 2. The van der Waals surface area contributed by atoms with Crippen LogP contribution in [0.3, 0.4) is 0 Å². The third-order valence-corrected chi connectivity index (χ3v) is 3.83. The molecular weight excluding hydrogens is 282 g/mol. The Hall–Kier alpha value is -1.80. The molecule has 3 heteroatoms. The molecule has 2 rings (SSSR count). The largest absolute Gasteiger partial charge is 0.338 e. The second-order valence-electron chi connectivity index (χ2n) is 5.14. The van der Waals surface area contributed by atoms with Gasteiger partial charge in [-0.1, -0.05) is 48.0 Å². The van der Waals surface area contributed by atoms with E-state index in [1.807, 2.05) is 67.3 Å². The van der Waals surface area contributed by atoms with E-state index in [2.05, 4.69) is 0 Å². The standard InChI is InChI=1S/C18H20ClNO/c1-3-20(13-15-8-6-10-17(19)11-15)18(21)12-16-9-5-4-7-14(16)2/h4-11H,3,12-13H2,1-2H3. The number of aryl methyl sites for hydroxylation is 1. The lowest BCUT2D eigenvalue weighted by atomic mass is 10.1. The van der Waals surface area contributed by atoms with E-state index in [4.69, 9.17) is 11.6 Å². The summed E-state index contributed by atoms with van der Waals surface area (Å²) in [7, 11) is 0. The zero-order valence-electron chi connectivity index (χ0n) is 12.5. The molecule has 2 aromatic rings. The Morgan fingerprint density at radius 1 is 1.14 bits per heavy atom. The monoisotopic (exact) mass is 301 g/mol. The summed E-state index contributed by atoms with van der Waals surface area (Å²) in [5.41, 5.74) is 3.30. The van der Waals surface area contributed by atoms with Gasteiger partial charge in [0, 0.05) is 18.1 Å². The summed E-state index contributed by atoms with van der Waals surface area (Å²) in [5.74, 6) is 0.145. The molecule has 0 N–H and O–H groups in total. The first-order valence-corrected chi connectivity index (χ1v) is 7.54. The van der Waals surface area contributed by atoms with Crippen molar-refractivity contribution in [2.24, 2.45) is 0 Å². The molecular formula is C18H20ClNO. The Balaban J connectivity index is 2.07. The normalized spacial score (nSPS) is 10.4. The number of carbonyl (C=O) groups is 1. The first-order chi connectivity index (χ1) is 10.1. The Labute approximate surface area is 131 Å². The van der Waals surface area contributed by atoms with E-state index >= 15 is 0 Å². The van der Waals surface area contributed by atoms with Gasteiger partial charge in [0.2, 0.25) is 5.91 Å². The molecule has 0 saturated carbocycles. The predicted molar refractivity (Wildman–Crippen MR) is 87.4 cm³/mol. The van der Waals surface area contributed by atoms with Crippen LogP contribution in [0.1, 0.15) is 23.6 Å². The van der Waals surface area contributed by atoms with Gasteiger partial charge in [-0.15, -0.1) is 0 Å². The van der Waals surface area contributed by atoms with Crippen LogP contribution in [0, 0.1) is 6.92 Å². The van der Waals surface area contributed by atoms with Crippen molar-refractivity contribution in [3.8, 4) is 0 Å². The third-order valence-electron chi connectivity index (χ3n) is 3.60. The van der Waals surface area contributed by atoms with Crippen molar-refractivity contribution in [1.29, 1.82) is 0 Å². The quantitative estimate of drug-likeness (QED) is 0.809. The molecule has 0 atom stereocenters. The molecule has 2 aromatic carbocycles. The maximum Gasteiger partial charge on any atom is 0.227 e. The third kappa shape index (κ3) is 4.33. The van der Waals surface area contributed by atoms with Gasteiger partial charge < -0.3 is 4.90 Å². The first-order valence-electron chi connectivity index (χ1n) is 7.17. The lowest BCUT2D eigenvalue weighted by molar-refractivity contribution is -0.130. The molecule has 110 valence electrons. The SMILES string of the molecule is CCN(Cc1cccc(Cl)c1)C(=O)Cc1ccccc1C. The fourth-order valence-corrected chi connectivity index (χ4v) is 2.53. The molecule has 0 unspecified atom stereocenters. The fourth-order valence-electron chi connectivity index (χ4n) is 2.32. The molecule has 0 saturated heterocycles. The summed E-state index contributed by atoms with van der Waals surface area (Å²) in [6, 6.07) is 15.7. The van der Waals surface area contributed by atoms with Gasteiger partial charge in [0.25, 0.3) is 0 Å². The van der Waals surface area contributed by atoms with Gasteiger partial charge in [-0.2, -0.15) is 0 Å². The number of carbonyl (C=O) groups excluding carboxylic acids is 1. The van der Waals surface area contributed by atoms with Crippen LogP contribution >= 0.6 is 11.6 Å². The first kappa shape index (κ1) is 15.6. The average Bonchev–Trinajstić information content (AvgIpc) is 2.47. The van der Waals surface area contributed by atoms with Crippen molar-refractivity contribution in [1.82, 2.24) is 4.90 Å². The molecule has 2 nitrogen and oxygen atoms in total. The van der Waals surface area contributed by atoms with Crippen LogP contribution < -0.4 is 0 Å². The van der Waals surface area contributed by atoms with Crippen LogP contribution in [-0.2, 0) is 17.8 Å². The summed E-state index contributed by atoms with van der Waals surface area (Å²) in [6.07, 6.45) is 0.446. The van der Waals surface area contributed by atoms with E-state index in [1.165, 1.54) is 0 Å². The number of hydrogen-bond acceptors (Lipinski definition) is 1. The van der Waals surface area contributed by atoms with Gasteiger partial charge in [0.15, 0.2) is 0 Å². The van der Waals surface area contributed by atoms with Gasteiger partial charge in [-0.25, -0.2) is 0 Å². The van der Waals surface area contributed by atoms with E-state index in [1.54, 1.807) is 0 Å². The highest BCUT2D eigenvalue weighted by Gasteiger charge is 2.13. The predicted octanol–water partition coefficient (Wildman–Crippen LogP) is 4.24. The molecule has 0 radical (unpaired) electrons. The highest BCUT2D eigenvalue weighted by atomic mass is 35.5. The zero-order chi connectivity index (χ0) is 15.2. The second kappa shape index (κ2) is 7.28. The van der Waals surface area contributed by atoms with Crippen LogP contribution in [0.25, 0.3) is 0 Å². The number of amides is 1. The van der Waals surface area contributed by atoms with E-state index in [-0.39, 0.29) is 5.91 Å². The molecule has 21 heavy (non-hydrogen) atoms. The van der Waals surface area contributed by atoms with Crippen molar-refractivity contribution in [2.45, 2.75) is 26.8 Å². The van der Waals surface area contributed by atoms with E-state index in [0.29, 0.717) is 24.5 Å². The lowest BCUT2D eigenvalue weighted by Gasteiger charge is -2.21. The van der Waals surface area contributed by atoms with Crippen LogP contribution in [0.4, 0.5) is 0 Å². The molecule has 0 aromatic heterocycles. The topological polar surface area (TPSA) is 20.3 Å². The molecule has 0 bridgehead atoms.